The van der Waals surface area contributed by atoms with Crippen molar-refractivity contribution in [3.63, 3.8) is 0 Å². The first-order valence-corrected chi connectivity index (χ1v) is 10.0. The number of Topliss-reactive ketones (excluding diaryl/α,β-unsaturated/α-hetero) is 1. The van der Waals surface area contributed by atoms with Crippen molar-refractivity contribution in [2.24, 2.45) is 0 Å². The van der Waals surface area contributed by atoms with Crippen LogP contribution in [0.2, 0.25) is 10.0 Å². The number of aromatic nitrogens is 2. The number of ketones is 1. The predicted molar refractivity (Wildman–Crippen MR) is 116 cm³/mol. The highest BCUT2D eigenvalue weighted by Crippen LogP contribution is 2.33. The van der Waals surface area contributed by atoms with Crippen LogP contribution in [0.15, 0.2) is 53.3 Å². The van der Waals surface area contributed by atoms with E-state index in [-0.39, 0.29) is 18.0 Å². The van der Waals surface area contributed by atoms with Crippen LogP contribution < -0.4 is 5.56 Å². The van der Waals surface area contributed by atoms with Gasteiger partial charge in [-0.25, -0.2) is 4.68 Å². The second-order valence-corrected chi connectivity index (χ2v) is 7.65. The molecule has 0 amide bonds. The van der Waals surface area contributed by atoms with Crippen LogP contribution in [0, 0.1) is 0 Å². The molecule has 0 aliphatic heterocycles. The molecule has 0 saturated heterocycles. The molecule has 0 aliphatic carbocycles. The molecule has 5 nitrogen and oxygen atoms in total. The van der Waals surface area contributed by atoms with E-state index in [2.05, 4.69) is 5.10 Å². The van der Waals surface area contributed by atoms with Crippen molar-refractivity contribution in [3.05, 3.63) is 74.5 Å². The second-order valence-electron chi connectivity index (χ2n) is 6.46. The van der Waals surface area contributed by atoms with Gasteiger partial charge in [-0.1, -0.05) is 47.5 Å². The highest BCUT2D eigenvalue weighted by molar-refractivity contribution is 6.31. The second kappa shape index (κ2) is 9.09. The van der Waals surface area contributed by atoms with Crippen LogP contribution in [0.4, 0.5) is 0 Å². The number of aliphatic hydroxyl groups excluding tert-OH is 1. The minimum absolute atomic E-state index is 0.0194. The smallest absolute Gasteiger partial charge is 0.278 e. The van der Waals surface area contributed by atoms with Crippen LogP contribution in [-0.4, -0.2) is 32.7 Å². The van der Waals surface area contributed by atoms with Gasteiger partial charge >= 0.3 is 0 Å². The van der Waals surface area contributed by atoms with Crippen LogP contribution in [0.3, 0.4) is 0 Å². The van der Waals surface area contributed by atoms with Gasteiger partial charge in [0.05, 0.1) is 29.8 Å². The van der Waals surface area contributed by atoms with Crippen molar-refractivity contribution in [3.8, 4) is 22.4 Å². The molecular formula is C21H17Cl3N2O3. The van der Waals surface area contributed by atoms with Gasteiger partial charge in [-0.15, -0.1) is 11.6 Å². The number of halogens is 3. The van der Waals surface area contributed by atoms with Gasteiger partial charge in [-0.3, -0.25) is 9.59 Å². The van der Waals surface area contributed by atoms with Crippen LogP contribution in [0.1, 0.15) is 17.3 Å². The molecule has 1 aromatic heterocycles. The zero-order chi connectivity index (χ0) is 21.1. The summed E-state index contributed by atoms with van der Waals surface area (Å²) in [6, 6.07) is 13.7. The molecule has 2 aromatic carbocycles. The largest absolute Gasteiger partial charge is 0.390 e. The van der Waals surface area contributed by atoms with Gasteiger partial charge < -0.3 is 5.11 Å². The number of nitrogens with zero attached hydrogens (tertiary/aromatic N) is 2. The van der Waals surface area contributed by atoms with Gasteiger partial charge in [0.25, 0.3) is 5.56 Å². The van der Waals surface area contributed by atoms with Crippen LogP contribution in [0.25, 0.3) is 22.4 Å². The summed E-state index contributed by atoms with van der Waals surface area (Å²) in [4.78, 5) is 25.5. The lowest BCUT2D eigenvalue weighted by atomic mass is 9.94. The molecule has 1 heterocycles. The van der Waals surface area contributed by atoms with Crippen LogP contribution >= 0.6 is 34.8 Å². The van der Waals surface area contributed by atoms with E-state index in [9.17, 15) is 14.7 Å². The Morgan fingerprint density at radius 2 is 1.55 bits per heavy atom. The Morgan fingerprint density at radius 3 is 2.03 bits per heavy atom. The van der Waals surface area contributed by atoms with E-state index in [1.165, 1.54) is 6.92 Å². The lowest BCUT2D eigenvalue weighted by Crippen LogP contribution is -2.34. The molecule has 0 radical (unpaired) electrons. The van der Waals surface area contributed by atoms with E-state index in [0.717, 1.165) is 4.68 Å². The molecule has 0 bridgehead atoms. The summed E-state index contributed by atoms with van der Waals surface area (Å²) in [6.45, 7) is 1.19. The van der Waals surface area contributed by atoms with E-state index in [0.29, 0.717) is 32.4 Å². The summed E-state index contributed by atoms with van der Waals surface area (Å²) in [5, 5.41) is 15.5. The van der Waals surface area contributed by atoms with E-state index in [4.69, 9.17) is 34.8 Å². The third-order valence-electron chi connectivity index (χ3n) is 4.32. The average molecular weight is 452 g/mol. The number of hydrogen-bond donors (Lipinski definition) is 1. The van der Waals surface area contributed by atoms with E-state index in [1.54, 1.807) is 48.5 Å². The summed E-state index contributed by atoms with van der Waals surface area (Å²) >= 11 is 17.7. The van der Waals surface area contributed by atoms with Crippen molar-refractivity contribution in [2.45, 2.75) is 19.6 Å². The molecule has 1 N–H and O–H groups in total. The minimum Gasteiger partial charge on any atom is -0.390 e. The van der Waals surface area contributed by atoms with Crippen molar-refractivity contribution >= 4 is 40.6 Å². The normalized spacial score (nSPS) is 12.0. The molecule has 1 atom stereocenters. The van der Waals surface area contributed by atoms with E-state index >= 15 is 0 Å². The Bertz CT molecular complexity index is 1090. The summed E-state index contributed by atoms with van der Waals surface area (Å²) < 4.78 is 1.08. The summed E-state index contributed by atoms with van der Waals surface area (Å²) in [6.07, 6.45) is -0.985. The Labute approximate surface area is 182 Å². The highest BCUT2D eigenvalue weighted by atomic mass is 35.5. The molecule has 1 unspecified atom stereocenters. The summed E-state index contributed by atoms with van der Waals surface area (Å²) in [5.41, 5.74) is 1.49. The first-order valence-electron chi connectivity index (χ1n) is 8.73. The number of alkyl halides is 1. The first-order chi connectivity index (χ1) is 13.8. The number of aliphatic hydroxyl groups is 1. The molecule has 0 fully saturated rings. The Kier molecular flexibility index (Phi) is 6.75. The third kappa shape index (κ3) is 4.70. The molecule has 3 rings (SSSR count). The maximum atomic E-state index is 13.0. The number of rotatable bonds is 6. The summed E-state index contributed by atoms with van der Waals surface area (Å²) in [5.74, 6) is -0.481. The van der Waals surface area contributed by atoms with Gasteiger partial charge in [0.15, 0.2) is 5.78 Å². The number of carbonyl (C=O) groups excluding carboxylic acids is 1. The van der Waals surface area contributed by atoms with Crippen molar-refractivity contribution in [2.75, 3.05) is 5.88 Å². The van der Waals surface area contributed by atoms with Crippen molar-refractivity contribution in [1.29, 1.82) is 0 Å². The quantitative estimate of drug-likeness (QED) is 0.436. The first kappa shape index (κ1) is 21.5. The summed E-state index contributed by atoms with van der Waals surface area (Å²) in [7, 11) is 0. The lowest BCUT2D eigenvalue weighted by Gasteiger charge is -2.17. The topological polar surface area (TPSA) is 72.2 Å². The van der Waals surface area contributed by atoms with Gasteiger partial charge in [-0.2, -0.15) is 5.10 Å². The number of carbonyl (C=O) groups is 1. The van der Waals surface area contributed by atoms with Crippen LogP contribution in [0.5, 0.6) is 0 Å². The maximum absolute atomic E-state index is 13.0. The minimum atomic E-state index is -0.985. The lowest BCUT2D eigenvalue weighted by molar-refractivity contribution is 0.101. The Balaban J connectivity index is 2.38. The highest BCUT2D eigenvalue weighted by Gasteiger charge is 2.23. The number of benzene rings is 2. The standard InChI is InChI=1S/C21H17Cl3N2O3/c1-12(27)18-19(13-2-6-15(23)7-3-13)20(14-4-8-16(24)9-5-14)25-26(21(18)29)11-17(28)10-22/h2-9,17,28H,10-11H2,1H3. The van der Waals surface area contributed by atoms with E-state index in [1.807, 2.05) is 0 Å². The maximum Gasteiger partial charge on any atom is 0.278 e. The average Bonchev–Trinajstić information content (AvgIpc) is 2.70. The number of hydrogen-bond acceptors (Lipinski definition) is 4. The zero-order valence-electron chi connectivity index (χ0n) is 15.4. The van der Waals surface area contributed by atoms with Crippen molar-refractivity contribution < 1.29 is 9.90 Å². The third-order valence-corrected chi connectivity index (χ3v) is 5.18. The molecule has 0 saturated carbocycles. The molecule has 150 valence electrons. The molecule has 3 aromatic rings. The molecule has 0 aliphatic rings. The Hall–Kier alpha value is -2.18. The monoisotopic (exact) mass is 450 g/mol. The predicted octanol–water partition coefficient (Wildman–Crippen LogP) is 4.69. The molecule has 0 spiro atoms. The van der Waals surface area contributed by atoms with Crippen molar-refractivity contribution in [1.82, 2.24) is 9.78 Å². The fourth-order valence-electron chi connectivity index (χ4n) is 2.98. The zero-order valence-corrected chi connectivity index (χ0v) is 17.7. The van der Waals surface area contributed by atoms with Gasteiger partial charge in [0.2, 0.25) is 0 Å². The van der Waals surface area contributed by atoms with E-state index < -0.39 is 17.4 Å². The SMILES string of the molecule is CC(=O)c1c(-c2ccc(Cl)cc2)c(-c2ccc(Cl)cc2)nn(CC(O)CCl)c1=O. The van der Waals surface area contributed by atoms with Gasteiger partial charge in [0, 0.05) is 21.2 Å². The molecule has 8 heteroatoms. The molecular weight excluding hydrogens is 435 g/mol. The fraction of sp³-hybridized carbons (Fsp3) is 0.190. The van der Waals surface area contributed by atoms with Gasteiger partial charge in [-0.05, 0) is 36.8 Å². The Morgan fingerprint density at radius 1 is 1.03 bits per heavy atom. The fourth-order valence-corrected chi connectivity index (χ4v) is 3.33. The van der Waals surface area contributed by atoms with Gasteiger partial charge in [0.1, 0.15) is 0 Å². The van der Waals surface area contributed by atoms with Crippen LogP contribution in [-0.2, 0) is 6.54 Å². The molecule has 29 heavy (non-hydrogen) atoms.